The fourth-order valence-electron chi connectivity index (χ4n) is 2.81. The van der Waals surface area contributed by atoms with Crippen molar-refractivity contribution in [1.82, 2.24) is 14.6 Å². The molecule has 25 heavy (non-hydrogen) atoms. The van der Waals surface area contributed by atoms with Gasteiger partial charge in [0.1, 0.15) is 0 Å². The number of rotatable bonds is 4. The summed E-state index contributed by atoms with van der Waals surface area (Å²) < 4.78 is 6.61. The molecule has 1 aromatic carbocycles. The molecule has 3 aromatic rings. The maximum Gasteiger partial charge on any atom is 0.341 e. The number of ether oxygens (including phenoxy) is 1. The Labute approximate surface area is 150 Å². The Balaban J connectivity index is 2.29. The number of aromatic nitrogens is 3. The van der Waals surface area contributed by atoms with Crippen LogP contribution in [0.25, 0.3) is 16.8 Å². The summed E-state index contributed by atoms with van der Waals surface area (Å²) in [4.78, 5) is 16.6. The fourth-order valence-corrected chi connectivity index (χ4v) is 3.01. The number of hydrogen-bond donors (Lipinski definition) is 1. The minimum absolute atomic E-state index is 0.0311. The van der Waals surface area contributed by atoms with E-state index in [-0.39, 0.29) is 18.4 Å². The van der Waals surface area contributed by atoms with Gasteiger partial charge in [0, 0.05) is 11.2 Å². The lowest BCUT2D eigenvalue weighted by atomic mass is 10.0. The minimum atomic E-state index is -0.458. The first-order chi connectivity index (χ1) is 11.9. The Hall–Kier alpha value is -2.60. The third kappa shape index (κ3) is 3.05. The summed E-state index contributed by atoms with van der Waals surface area (Å²) in [6.45, 7) is 5.90. The van der Waals surface area contributed by atoms with Crippen molar-refractivity contribution in [2.24, 2.45) is 0 Å². The summed E-state index contributed by atoms with van der Waals surface area (Å²) in [5.41, 5.74) is 2.60. The van der Waals surface area contributed by atoms with Gasteiger partial charge in [-0.15, -0.1) is 5.10 Å². The number of carbonyl (C=O) groups excluding carboxylic acids is 1. The van der Waals surface area contributed by atoms with Gasteiger partial charge in [0.05, 0.1) is 23.4 Å². The molecule has 0 amide bonds. The standard InChI is InChI=1S/C18H18ClN3O3/c1-4-25-18(24)13-9-20-16-14(11-6-5-7-12(19)8-11)17(23)21-22(16)15(13)10(2)3/h5-10H,4H2,1-3H3,(H,21,23). The molecule has 0 saturated heterocycles. The quantitative estimate of drug-likeness (QED) is 0.711. The van der Waals surface area contributed by atoms with Crippen LogP contribution in [0.15, 0.2) is 30.5 Å². The zero-order valence-electron chi connectivity index (χ0n) is 14.2. The van der Waals surface area contributed by atoms with Gasteiger partial charge < -0.3 is 9.84 Å². The number of aromatic hydroxyl groups is 1. The van der Waals surface area contributed by atoms with Gasteiger partial charge in [-0.05, 0) is 30.5 Å². The first-order valence-corrected chi connectivity index (χ1v) is 8.35. The van der Waals surface area contributed by atoms with Crippen LogP contribution < -0.4 is 0 Å². The van der Waals surface area contributed by atoms with E-state index in [0.717, 1.165) is 0 Å². The van der Waals surface area contributed by atoms with Crippen LogP contribution in [0, 0.1) is 0 Å². The Bertz CT molecular complexity index is 950. The summed E-state index contributed by atoms with van der Waals surface area (Å²) in [6.07, 6.45) is 1.47. The zero-order valence-corrected chi connectivity index (χ0v) is 14.9. The summed E-state index contributed by atoms with van der Waals surface area (Å²) in [7, 11) is 0. The highest BCUT2D eigenvalue weighted by molar-refractivity contribution is 6.30. The van der Waals surface area contributed by atoms with Gasteiger partial charge in [0.2, 0.25) is 5.88 Å². The van der Waals surface area contributed by atoms with Crippen molar-refractivity contribution in [1.29, 1.82) is 0 Å². The molecular formula is C18H18ClN3O3. The van der Waals surface area contributed by atoms with Crippen LogP contribution in [0.1, 0.15) is 42.7 Å². The summed E-state index contributed by atoms with van der Waals surface area (Å²) >= 11 is 6.06. The summed E-state index contributed by atoms with van der Waals surface area (Å²) in [5, 5.41) is 15.1. The molecule has 7 heteroatoms. The molecule has 0 spiro atoms. The zero-order chi connectivity index (χ0) is 18.1. The first kappa shape index (κ1) is 17.2. The largest absolute Gasteiger partial charge is 0.492 e. The van der Waals surface area contributed by atoms with Crippen LogP contribution in [0.5, 0.6) is 5.88 Å². The SMILES string of the molecule is CCOC(=O)c1cnc2c(-c3cccc(Cl)c3)c(O)nn2c1C(C)C. The number of esters is 1. The van der Waals surface area contributed by atoms with Crippen molar-refractivity contribution >= 4 is 23.2 Å². The molecule has 2 heterocycles. The molecule has 0 aliphatic carbocycles. The molecule has 1 N–H and O–H groups in total. The number of nitrogens with zero attached hydrogens (tertiary/aromatic N) is 3. The summed E-state index contributed by atoms with van der Waals surface area (Å²) in [5.74, 6) is -0.658. The van der Waals surface area contributed by atoms with E-state index in [1.165, 1.54) is 10.7 Å². The van der Waals surface area contributed by atoms with Crippen LogP contribution in [0.3, 0.4) is 0 Å². The average Bonchev–Trinajstić information content (AvgIpc) is 2.89. The molecule has 0 radical (unpaired) electrons. The number of fused-ring (bicyclic) bond motifs is 1. The highest BCUT2D eigenvalue weighted by Crippen LogP contribution is 2.35. The van der Waals surface area contributed by atoms with Gasteiger partial charge in [-0.25, -0.2) is 14.3 Å². The van der Waals surface area contributed by atoms with E-state index in [4.69, 9.17) is 16.3 Å². The maximum absolute atomic E-state index is 12.2. The van der Waals surface area contributed by atoms with Gasteiger partial charge >= 0.3 is 5.97 Å². The second-order valence-corrected chi connectivity index (χ2v) is 6.31. The third-order valence-corrected chi connectivity index (χ3v) is 4.05. The van der Waals surface area contributed by atoms with Crippen molar-refractivity contribution in [2.45, 2.75) is 26.7 Å². The van der Waals surface area contributed by atoms with Gasteiger partial charge in [0.25, 0.3) is 0 Å². The highest BCUT2D eigenvalue weighted by Gasteiger charge is 2.24. The van der Waals surface area contributed by atoms with Crippen molar-refractivity contribution in [3.05, 3.63) is 46.7 Å². The first-order valence-electron chi connectivity index (χ1n) is 7.97. The van der Waals surface area contributed by atoms with E-state index < -0.39 is 5.97 Å². The van der Waals surface area contributed by atoms with Crippen LogP contribution in [-0.4, -0.2) is 32.3 Å². The Morgan fingerprint density at radius 3 is 2.80 bits per heavy atom. The van der Waals surface area contributed by atoms with Gasteiger partial charge in [-0.2, -0.15) is 0 Å². The number of benzene rings is 1. The molecule has 0 unspecified atom stereocenters. The molecule has 3 rings (SSSR count). The third-order valence-electron chi connectivity index (χ3n) is 3.82. The molecule has 0 aliphatic rings. The predicted molar refractivity (Wildman–Crippen MR) is 95.1 cm³/mol. The highest BCUT2D eigenvalue weighted by atomic mass is 35.5. The summed E-state index contributed by atoms with van der Waals surface area (Å²) in [6, 6.07) is 7.09. The second-order valence-electron chi connectivity index (χ2n) is 5.88. The van der Waals surface area contributed by atoms with Crippen LogP contribution in [0.2, 0.25) is 5.02 Å². The monoisotopic (exact) mass is 359 g/mol. The molecular weight excluding hydrogens is 342 g/mol. The van der Waals surface area contributed by atoms with Gasteiger partial charge in [-0.1, -0.05) is 37.6 Å². The van der Waals surface area contributed by atoms with E-state index in [0.29, 0.717) is 33.1 Å². The van der Waals surface area contributed by atoms with E-state index in [2.05, 4.69) is 10.1 Å². The van der Waals surface area contributed by atoms with Crippen molar-refractivity contribution in [2.75, 3.05) is 6.61 Å². The van der Waals surface area contributed by atoms with Gasteiger partial charge in [-0.3, -0.25) is 0 Å². The van der Waals surface area contributed by atoms with Crippen LogP contribution in [0.4, 0.5) is 0 Å². The Morgan fingerprint density at radius 2 is 2.16 bits per heavy atom. The molecule has 0 fully saturated rings. The Morgan fingerprint density at radius 1 is 1.40 bits per heavy atom. The average molecular weight is 360 g/mol. The molecule has 6 nitrogen and oxygen atoms in total. The molecule has 130 valence electrons. The molecule has 0 saturated carbocycles. The van der Waals surface area contributed by atoms with E-state index in [9.17, 15) is 9.90 Å². The normalized spacial score (nSPS) is 11.2. The smallest absolute Gasteiger partial charge is 0.341 e. The lowest BCUT2D eigenvalue weighted by Gasteiger charge is -2.13. The fraction of sp³-hybridized carbons (Fsp3) is 0.278. The van der Waals surface area contributed by atoms with Crippen molar-refractivity contribution in [3.8, 4) is 17.0 Å². The van der Waals surface area contributed by atoms with Crippen LogP contribution >= 0.6 is 11.6 Å². The van der Waals surface area contributed by atoms with E-state index in [1.807, 2.05) is 19.9 Å². The molecule has 0 atom stereocenters. The Kier molecular flexibility index (Phi) is 4.63. The lowest BCUT2D eigenvalue weighted by molar-refractivity contribution is 0.0523. The molecule has 2 aromatic heterocycles. The van der Waals surface area contributed by atoms with Crippen molar-refractivity contribution < 1.29 is 14.6 Å². The van der Waals surface area contributed by atoms with E-state index in [1.54, 1.807) is 25.1 Å². The van der Waals surface area contributed by atoms with Gasteiger partial charge in [0.15, 0.2) is 5.65 Å². The lowest BCUT2D eigenvalue weighted by Crippen LogP contribution is -2.14. The van der Waals surface area contributed by atoms with E-state index >= 15 is 0 Å². The molecule has 0 bridgehead atoms. The minimum Gasteiger partial charge on any atom is -0.492 e. The number of halogens is 1. The van der Waals surface area contributed by atoms with Crippen LogP contribution in [-0.2, 0) is 4.74 Å². The molecule has 0 aliphatic heterocycles. The number of carbonyl (C=O) groups is 1. The maximum atomic E-state index is 12.2. The van der Waals surface area contributed by atoms with Crippen molar-refractivity contribution in [3.63, 3.8) is 0 Å². The number of hydrogen-bond acceptors (Lipinski definition) is 5. The predicted octanol–water partition coefficient (Wildman–Crippen LogP) is 4.06. The second kappa shape index (κ2) is 6.72. The topological polar surface area (TPSA) is 76.7 Å².